The quantitative estimate of drug-likeness (QED) is 0.429. The molecule has 4 rings (SSSR count). The van der Waals surface area contributed by atoms with E-state index >= 15 is 0 Å². The minimum atomic E-state index is -0.286. The lowest BCUT2D eigenvalue weighted by Gasteiger charge is -2.18. The number of carbonyl (C=O) groups is 1. The Morgan fingerprint density at radius 2 is 1.69 bits per heavy atom. The summed E-state index contributed by atoms with van der Waals surface area (Å²) < 4.78 is 6.07. The number of hydrogen-bond acceptors (Lipinski definition) is 3. The maximum absolute atomic E-state index is 12.9. The van der Waals surface area contributed by atoms with Crippen molar-refractivity contribution in [2.75, 3.05) is 7.11 Å². The summed E-state index contributed by atoms with van der Waals surface area (Å²) in [5.74, 6) is 0.535. The van der Waals surface area contributed by atoms with Gasteiger partial charge in [0, 0.05) is 5.41 Å². The van der Waals surface area contributed by atoms with E-state index in [9.17, 15) is 4.79 Å². The molecule has 0 unspecified atom stereocenters. The SMILES string of the molecule is COc1ccc(/C=N\NC(=O)[C@@H]2CC2(c2ccccc2)c2ccccc2)cc1Br. The fourth-order valence-corrected chi connectivity index (χ4v) is 4.43. The highest BCUT2D eigenvalue weighted by Gasteiger charge is 2.60. The molecule has 1 amide bonds. The maximum atomic E-state index is 12.9. The summed E-state index contributed by atoms with van der Waals surface area (Å²) in [6.45, 7) is 0. The van der Waals surface area contributed by atoms with E-state index in [4.69, 9.17) is 4.74 Å². The average Bonchev–Trinajstić information content (AvgIpc) is 3.52. The fourth-order valence-electron chi connectivity index (χ4n) is 3.87. The van der Waals surface area contributed by atoms with Gasteiger partial charge >= 0.3 is 0 Å². The van der Waals surface area contributed by atoms with Gasteiger partial charge in [0.1, 0.15) is 5.75 Å². The molecular weight excluding hydrogens is 428 g/mol. The Kier molecular flexibility index (Phi) is 5.49. The number of methoxy groups -OCH3 is 1. The minimum absolute atomic E-state index is 0.0680. The molecule has 0 spiro atoms. The summed E-state index contributed by atoms with van der Waals surface area (Å²) in [6, 6.07) is 26.1. The predicted octanol–water partition coefficient (Wildman–Crippen LogP) is 4.91. The molecule has 1 N–H and O–H groups in total. The number of rotatable bonds is 6. The number of ether oxygens (including phenoxy) is 1. The van der Waals surface area contributed by atoms with Gasteiger partial charge in [-0.25, -0.2) is 5.43 Å². The number of nitrogens with zero attached hydrogens (tertiary/aromatic N) is 1. The van der Waals surface area contributed by atoms with Crippen LogP contribution in [0, 0.1) is 5.92 Å². The van der Waals surface area contributed by atoms with Crippen LogP contribution >= 0.6 is 15.9 Å². The summed E-state index contributed by atoms with van der Waals surface area (Å²) in [6.07, 6.45) is 2.41. The lowest BCUT2D eigenvalue weighted by Crippen LogP contribution is -2.25. The molecule has 1 aliphatic rings. The van der Waals surface area contributed by atoms with E-state index in [2.05, 4.69) is 50.7 Å². The molecule has 0 saturated heterocycles. The summed E-state index contributed by atoms with van der Waals surface area (Å²) >= 11 is 3.45. The summed E-state index contributed by atoms with van der Waals surface area (Å²) in [5, 5.41) is 4.17. The molecule has 0 aromatic heterocycles. The Balaban J connectivity index is 1.51. The molecule has 3 aromatic rings. The van der Waals surface area contributed by atoms with Crippen molar-refractivity contribution in [1.29, 1.82) is 0 Å². The molecule has 1 atom stereocenters. The zero-order valence-electron chi connectivity index (χ0n) is 16.0. The van der Waals surface area contributed by atoms with Gasteiger partial charge in [-0.15, -0.1) is 0 Å². The van der Waals surface area contributed by atoms with Crippen molar-refractivity contribution in [3.05, 3.63) is 100 Å². The second kappa shape index (κ2) is 8.21. The summed E-state index contributed by atoms with van der Waals surface area (Å²) in [4.78, 5) is 12.9. The van der Waals surface area contributed by atoms with E-state index in [1.165, 1.54) is 0 Å². The Morgan fingerprint density at radius 1 is 1.07 bits per heavy atom. The lowest BCUT2D eigenvalue weighted by molar-refractivity contribution is -0.122. The van der Waals surface area contributed by atoms with Gasteiger partial charge < -0.3 is 4.74 Å². The molecule has 0 aliphatic heterocycles. The Morgan fingerprint density at radius 3 is 2.24 bits per heavy atom. The zero-order valence-corrected chi connectivity index (χ0v) is 17.6. The van der Waals surface area contributed by atoms with E-state index in [0.717, 1.165) is 33.3 Å². The van der Waals surface area contributed by atoms with Crippen molar-refractivity contribution in [2.24, 2.45) is 11.0 Å². The van der Waals surface area contributed by atoms with Crippen LogP contribution in [0.3, 0.4) is 0 Å². The van der Waals surface area contributed by atoms with Gasteiger partial charge in [-0.1, -0.05) is 60.7 Å². The molecule has 29 heavy (non-hydrogen) atoms. The molecular formula is C24H21BrN2O2. The van der Waals surface area contributed by atoms with Gasteiger partial charge in [-0.3, -0.25) is 4.79 Å². The van der Waals surface area contributed by atoms with Crippen LogP contribution in [0.5, 0.6) is 5.75 Å². The van der Waals surface area contributed by atoms with Crippen LogP contribution in [0.25, 0.3) is 0 Å². The topological polar surface area (TPSA) is 50.7 Å². The van der Waals surface area contributed by atoms with Crippen LogP contribution < -0.4 is 10.2 Å². The number of carbonyl (C=O) groups excluding carboxylic acids is 1. The first-order valence-corrected chi connectivity index (χ1v) is 10.2. The minimum Gasteiger partial charge on any atom is -0.496 e. The van der Waals surface area contributed by atoms with Crippen molar-refractivity contribution < 1.29 is 9.53 Å². The van der Waals surface area contributed by atoms with Crippen LogP contribution in [0.4, 0.5) is 0 Å². The fraction of sp³-hybridized carbons (Fsp3) is 0.167. The third kappa shape index (κ3) is 3.83. The lowest BCUT2D eigenvalue weighted by atomic mass is 9.85. The van der Waals surface area contributed by atoms with Crippen molar-refractivity contribution in [3.8, 4) is 5.75 Å². The smallest absolute Gasteiger partial charge is 0.244 e. The maximum Gasteiger partial charge on any atom is 0.244 e. The van der Waals surface area contributed by atoms with Crippen LogP contribution in [-0.2, 0) is 10.2 Å². The van der Waals surface area contributed by atoms with Crippen molar-refractivity contribution in [2.45, 2.75) is 11.8 Å². The van der Waals surface area contributed by atoms with E-state index in [1.807, 2.05) is 54.6 Å². The van der Waals surface area contributed by atoms with E-state index < -0.39 is 0 Å². The number of nitrogens with one attached hydrogen (secondary N) is 1. The monoisotopic (exact) mass is 448 g/mol. The Bertz CT molecular complexity index is 996. The number of amides is 1. The second-order valence-electron chi connectivity index (χ2n) is 7.09. The van der Waals surface area contributed by atoms with Gasteiger partial charge in [0.2, 0.25) is 5.91 Å². The molecule has 1 saturated carbocycles. The predicted molar refractivity (Wildman–Crippen MR) is 118 cm³/mol. The van der Waals surface area contributed by atoms with Crippen molar-refractivity contribution in [1.82, 2.24) is 5.43 Å². The van der Waals surface area contributed by atoms with Crippen LogP contribution in [0.15, 0.2) is 88.4 Å². The standard InChI is InChI=1S/C24H21BrN2O2/c1-29-22-13-12-17(14-21(22)25)16-26-27-23(28)20-15-24(20,18-8-4-2-5-9-18)19-10-6-3-7-11-19/h2-14,16,20H,15H2,1H3,(H,27,28)/b26-16-/t20-/m0/s1. The third-order valence-electron chi connectivity index (χ3n) is 5.42. The van der Waals surface area contributed by atoms with E-state index in [-0.39, 0.29) is 17.2 Å². The number of hydrazone groups is 1. The molecule has 5 heteroatoms. The van der Waals surface area contributed by atoms with E-state index in [1.54, 1.807) is 13.3 Å². The highest BCUT2D eigenvalue weighted by Crippen LogP contribution is 2.58. The third-order valence-corrected chi connectivity index (χ3v) is 6.04. The first-order valence-electron chi connectivity index (χ1n) is 9.42. The largest absolute Gasteiger partial charge is 0.496 e. The normalized spacial score (nSPS) is 17.1. The molecule has 4 nitrogen and oxygen atoms in total. The average molecular weight is 449 g/mol. The Hall–Kier alpha value is -2.92. The van der Waals surface area contributed by atoms with Crippen molar-refractivity contribution >= 4 is 28.1 Å². The summed E-state index contributed by atoms with van der Waals surface area (Å²) in [7, 11) is 1.62. The van der Waals surface area contributed by atoms with Crippen LogP contribution in [0.2, 0.25) is 0 Å². The molecule has 0 bridgehead atoms. The molecule has 0 heterocycles. The Labute approximate surface area is 178 Å². The molecule has 146 valence electrons. The number of benzene rings is 3. The molecule has 1 aliphatic carbocycles. The van der Waals surface area contributed by atoms with Gasteiger partial charge in [0.15, 0.2) is 0 Å². The highest BCUT2D eigenvalue weighted by atomic mass is 79.9. The number of halogens is 1. The first-order chi connectivity index (χ1) is 14.1. The van der Waals surface area contributed by atoms with Gasteiger partial charge in [-0.2, -0.15) is 5.10 Å². The van der Waals surface area contributed by atoms with E-state index in [0.29, 0.717) is 0 Å². The van der Waals surface area contributed by atoms with Crippen molar-refractivity contribution in [3.63, 3.8) is 0 Å². The highest BCUT2D eigenvalue weighted by molar-refractivity contribution is 9.10. The molecule has 3 aromatic carbocycles. The molecule has 0 radical (unpaired) electrons. The zero-order chi connectivity index (χ0) is 20.3. The first kappa shape index (κ1) is 19.4. The van der Waals surface area contributed by atoms with Gasteiger partial charge in [0.25, 0.3) is 0 Å². The van der Waals surface area contributed by atoms with Crippen LogP contribution in [0.1, 0.15) is 23.1 Å². The summed E-state index contributed by atoms with van der Waals surface area (Å²) in [5.41, 5.74) is 5.62. The van der Waals surface area contributed by atoms with Gasteiger partial charge in [-0.05, 0) is 57.2 Å². The van der Waals surface area contributed by atoms with Crippen LogP contribution in [-0.4, -0.2) is 19.2 Å². The molecule has 1 fully saturated rings. The van der Waals surface area contributed by atoms with Gasteiger partial charge in [0.05, 0.1) is 23.7 Å². The second-order valence-corrected chi connectivity index (χ2v) is 7.94. The number of hydrogen-bond donors (Lipinski definition) is 1.